The highest BCUT2D eigenvalue weighted by atomic mass is 35.5. The van der Waals surface area contributed by atoms with E-state index in [1.807, 2.05) is 6.92 Å². The molecule has 0 radical (unpaired) electrons. The predicted molar refractivity (Wildman–Crippen MR) is 87.9 cm³/mol. The first kappa shape index (κ1) is 18.2. The Hall–Kier alpha value is -2.19. The summed E-state index contributed by atoms with van der Waals surface area (Å²) in [5, 5.41) is 13.4. The molecule has 24 heavy (non-hydrogen) atoms. The Morgan fingerprint density at radius 2 is 2.29 bits per heavy atom. The molecule has 9 heteroatoms. The van der Waals surface area contributed by atoms with Crippen molar-refractivity contribution in [1.82, 2.24) is 4.90 Å². The lowest BCUT2D eigenvalue weighted by Crippen LogP contribution is -2.38. The molecule has 1 aliphatic rings. The molecule has 2 atom stereocenters. The lowest BCUT2D eigenvalue weighted by atomic mass is 10.1. The van der Waals surface area contributed by atoms with Gasteiger partial charge in [-0.15, -0.1) is 0 Å². The first-order valence-corrected chi connectivity index (χ1v) is 7.74. The maximum Gasteiger partial charge on any atom is 0.271 e. The van der Waals surface area contributed by atoms with Crippen LogP contribution in [0.5, 0.6) is 0 Å². The summed E-state index contributed by atoms with van der Waals surface area (Å²) in [4.78, 5) is 36.1. The number of hydrogen-bond acceptors (Lipinski definition) is 5. The average Bonchev–Trinajstić information content (AvgIpc) is 2.91. The molecular formula is C15H18ClN3O5. The van der Waals surface area contributed by atoms with Gasteiger partial charge in [0.25, 0.3) is 5.69 Å². The van der Waals surface area contributed by atoms with E-state index in [1.165, 1.54) is 18.2 Å². The number of rotatable bonds is 6. The molecule has 1 fully saturated rings. The summed E-state index contributed by atoms with van der Waals surface area (Å²) in [6, 6.07) is 3.70. The second-order valence-electron chi connectivity index (χ2n) is 5.66. The molecule has 1 aliphatic heterocycles. The van der Waals surface area contributed by atoms with Gasteiger partial charge in [0.15, 0.2) is 0 Å². The molecule has 1 N–H and O–H groups in total. The van der Waals surface area contributed by atoms with Crippen molar-refractivity contribution in [2.45, 2.75) is 19.4 Å². The fourth-order valence-electron chi connectivity index (χ4n) is 2.62. The Morgan fingerprint density at radius 3 is 2.88 bits per heavy atom. The van der Waals surface area contributed by atoms with Crippen LogP contribution in [-0.4, -0.2) is 47.9 Å². The van der Waals surface area contributed by atoms with Crippen LogP contribution in [0.2, 0.25) is 5.02 Å². The average molecular weight is 356 g/mol. The summed E-state index contributed by atoms with van der Waals surface area (Å²) in [7, 11) is 1.55. The molecule has 1 heterocycles. The minimum absolute atomic E-state index is 0.0754. The number of carbonyl (C=O) groups is 2. The number of non-ortho nitro benzene ring substituents is 1. The summed E-state index contributed by atoms with van der Waals surface area (Å²) in [6.45, 7) is 2.56. The van der Waals surface area contributed by atoms with E-state index in [1.54, 1.807) is 12.0 Å². The van der Waals surface area contributed by atoms with Crippen LogP contribution < -0.4 is 5.32 Å². The third-order valence-corrected chi connectivity index (χ3v) is 4.20. The van der Waals surface area contributed by atoms with Crippen molar-refractivity contribution in [2.24, 2.45) is 5.92 Å². The molecule has 130 valence electrons. The third-order valence-electron chi connectivity index (χ3n) is 3.89. The summed E-state index contributed by atoms with van der Waals surface area (Å²) < 4.78 is 5.04. The third kappa shape index (κ3) is 4.01. The van der Waals surface area contributed by atoms with E-state index in [0.29, 0.717) is 13.2 Å². The van der Waals surface area contributed by atoms with Gasteiger partial charge >= 0.3 is 0 Å². The Kier molecular flexibility index (Phi) is 5.74. The normalized spacial score (nSPS) is 18.5. The van der Waals surface area contributed by atoms with E-state index in [2.05, 4.69) is 5.32 Å². The fraction of sp³-hybridized carbons (Fsp3) is 0.467. The van der Waals surface area contributed by atoms with Crippen molar-refractivity contribution < 1.29 is 19.2 Å². The number of ether oxygens (including phenoxy) is 1. The summed E-state index contributed by atoms with van der Waals surface area (Å²) in [6.07, 6.45) is 0.116. The summed E-state index contributed by atoms with van der Waals surface area (Å²) in [5.41, 5.74) is 0.122. The van der Waals surface area contributed by atoms with Gasteiger partial charge in [-0.05, 0) is 13.0 Å². The zero-order chi connectivity index (χ0) is 17.9. The van der Waals surface area contributed by atoms with E-state index in [4.69, 9.17) is 16.3 Å². The predicted octanol–water partition coefficient (Wildman–Crippen LogP) is 2.07. The molecule has 2 rings (SSSR count). The van der Waals surface area contributed by atoms with Crippen molar-refractivity contribution >= 4 is 34.8 Å². The molecule has 0 spiro atoms. The Balaban J connectivity index is 2.03. The quantitative estimate of drug-likeness (QED) is 0.621. The van der Waals surface area contributed by atoms with Crippen molar-refractivity contribution in [3.8, 4) is 0 Å². The number of amides is 2. The highest BCUT2D eigenvalue weighted by Crippen LogP contribution is 2.28. The number of nitro groups is 1. The van der Waals surface area contributed by atoms with Crippen LogP contribution in [-0.2, 0) is 14.3 Å². The Bertz CT molecular complexity index is 667. The maximum absolute atomic E-state index is 12.3. The van der Waals surface area contributed by atoms with Gasteiger partial charge in [-0.2, -0.15) is 0 Å². The molecule has 1 aromatic carbocycles. The van der Waals surface area contributed by atoms with E-state index < -0.39 is 10.8 Å². The first-order chi connectivity index (χ1) is 11.3. The minimum atomic E-state index is -0.567. The number of methoxy groups -OCH3 is 1. The van der Waals surface area contributed by atoms with Gasteiger partial charge in [0.2, 0.25) is 11.8 Å². The topological polar surface area (TPSA) is 102 Å². The Labute approximate surface area is 143 Å². The van der Waals surface area contributed by atoms with E-state index >= 15 is 0 Å². The van der Waals surface area contributed by atoms with Crippen LogP contribution in [0.1, 0.15) is 13.3 Å². The highest BCUT2D eigenvalue weighted by Gasteiger charge is 2.36. The molecule has 0 saturated carbocycles. The molecule has 0 aromatic heterocycles. The standard InChI is InChI=1S/C15H18ClN3O5/c1-9(8-24-2)18-7-10(5-14(18)20)15(21)17-13-4-3-11(19(22)23)6-12(13)16/h3-4,6,9-10H,5,7-8H2,1-2H3,(H,17,21)/t9-,10+/m0/s1. The molecule has 0 bridgehead atoms. The fourth-order valence-corrected chi connectivity index (χ4v) is 2.84. The van der Waals surface area contributed by atoms with Gasteiger partial charge in [0.05, 0.1) is 34.2 Å². The lowest BCUT2D eigenvalue weighted by molar-refractivity contribution is -0.384. The van der Waals surface area contributed by atoms with Crippen LogP contribution in [0.25, 0.3) is 0 Å². The highest BCUT2D eigenvalue weighted by molar-refractivity contribution is 6.34. The second kappa shape index (κ2) is 7.59. The number of halogens is 1. The lowest BCUT2D eigenvalue weighted by Gasteiger charge is -2.23. The number of nitro benzene ring substituents is 1. The van der Waals surface area contributed by atoms with Crippen LogP contribution in [0.15, 0.2) is 18.2 Å². The van der Waals surface area contributed by atoms with Crippen molar-refractivity contribution in [1.29, 1.82) is 0 Å². The summed E-state index contributed by atoms with van der Waals surface area (Å²) >= 11 is 5.96. The molecule has 8 nitrogen and oxygen atoms in total. The maximum atomic E-state index is 12.3. The first-order valence-electron chi connectivity index (χ1n) is 7.36. The zero-order valence-electron chi connectivity index (χ0n) is 13.3. The van der Waals surface area contributed by atoms with Crippen molar-refractivity contribution in [3.63, 3.8) is 0 Å². The van der Waals surface area contributed by atoms with E-state index in [0.717, 1.165) is 0 Å². The minimum Gasteiger partial charge on any atom is -0.383 e. The number of nitrogens with one attached hydrogen (secondary N) is 1. The van der Waals surface area contributed by atoms with Crippen LogP contribution >= 0.6 is 11.6 Å². The molecule has 0 unspecified atom stereocenters. The molecule has 1 aromatic rings. The molecular weight excluding hydrogens is 338 g/mol. The molecule has 1 saturated heterocycles. The number of nitrogens with zero attached hydrogens (tertiary/aromatic N) is 2. The van der Waals surface area contributed by atoms with Gasteiger partial charge in [0, 0.05) is 32.2 Å². The van der Waals surface area contributed by atoms with Crippen LogP contribution in [0.3, 0.4) is 0 Å². The van der Waals surface area contributed by atoms with Crippen molar-refractivity contribution in [2.75, 3.05) is 25.6 Å². The number of likely N-dealkylation sites (tertiary alicyclic amines) is 1. The van der Waals surface area contributed by atoms with Gasteiger partial charge in [0.1, 0.15) is 0 Å². The van der Waals surface area contributed by atoms with E-state index in [-0.39, 0.29) is 40.7 Å². The molecule has 2 amide bonds. The van der Waals surface area contributed by atoms with Crippen molar-refractivity contribution in [3.05, 3.63) is 33.3 Å². The molecule has 0 aliphatic carbocycles. The van der Waals surface area contributed by atoms with Gasteiger partial charge in [-0.3, -0.25) is 19.7 Å². The van der Waals surface area contributed by atoms with Gasteiger partial charge in [-0.25, -0.2) is 0 Å². The zero-order valence-corrected chi connectivity index (χ0v) is 14.1. The van der Waals surface area contributed by atoms with Crippen LogP contribution in [0, 0.1) is 16.0 Å². The SMILES string of the molecule is COC[C@H](C)N1C[C@H](C(=O)Nc2ccc([N+](=O)[O-])cc2Cl)CC1=O. The number of hydrogen-bond donors (Lipinski definition) is 1. The largest absolute Gasteiger partial charge is 0.383 e. The summed E-state index contributed by atoms with van der Waals surface area (Å²) in [5.74, 6) is -0.941. The second-order valence-corrected chi connectivity index (χ2v) is 6.07. The van der Waals surface area contributed by atoms with Gasteiger partial charge < -0.3 is 15.0 Å². The number of benzene rings is 1. The monoisotopic (exact) mass is 355 g/mol. The number of anilines is 1. The smallest absolute Gasteiger partial charge is 0.271 e. The number of carbonyl (C=O) groups excluding carboxylic acids is 2. The van der Waals surface area contributed by atoms with Gasteiger partial charge in [-0.1, -0.05) is 11.6 Å². The van der Waals surface area contributed by atoms with Crippen LogP contribution in [0.4, 0.5) is 11.4 Å². The Morgan fingerprint density at radius 1 is 1.58 bits per heavy atom. The van der Waals surface area contributed by atoms with E-state index in [9.17, 15) is 19.7 Å².